The molecule has 2 N–H and O–H groups in total. The normalized spacial score (nSPS) is 11.2. The van der Waals surface area contributed by atoms with Gasteiger partial charge in [0.25, 0.3) is 0 Å². The third kappa shape index (κ3) is 1.33. The van der Waals surface area contributed by atoms with Gasteiger partial charge >= 0.3 is 0 Å². The molecule has 4 rings (SSSR count). The van der Waals surface area contributed by atoms with Crippen LogP contribution >= 0.6 is 0 Å². The molecule has 0 saturated carbocycles. The van der Waals surface area contributed by atoms with Crippen LogP contribution in [0.1, 0.15) is 5.56 Å². The highest BCUT2D eigenvalue weighted by molar-refractivity contribution is 6.13. The maximum Gasteiger partial charge on any atom is 0.153 e. The number of anilines is 1. The molecule has 20 heavy (non-hydrogen) atoms. The Morgan fingerprint density at radius 3 is 2.65 bits per heavy atom. The van der Waals surface area contributed by atoms with E-state index in [4.69, 9.17) is 10.2 Å². The minimum Gasteiger partial charge on any atom is -0.455 e. The van der Waals surface area contributed by atoms with Crippen LogP contribution in [0, 0.1) is 11.3 Å². The maximum absolute atomic E-state index is 9.48. The van der Waals surface area contributed by atoms with Gasteiger partial charge in [-0.2, -0.15) is 5.26 Å². The van der Waals surface area contributed by atoms with E-state index in [-0.39, 0.29) is 0 Å². The predicted octanol–water partition coefficient (Wildman–Crippen LogP) is 4.19. The van der Waals surface area contributed by atoms with Crippen LogP contribution in [0.4, 0.5) is 5.69 Å². The van der Waals surface area contributed by atoms with Crippen molar-refractivity contribution < 1.29 is 4.42 Å². The van der Waals surface area contributed by atoms with Crippen LogP contribution in [0.5, 0.6) is 0 Å². The number of hydrogen-bond acceptors (Lipinski definition) is 3. The summed E-state index contributed by atoms with van der Waals surface area (Å²) in [4.78, 5) is 0. The molecule has 0 amide bonds. The van der Waals surface area contributed by atoms with Crippen molar-refractivity contribution in [2.45, 2.75) is 0 Å². The molecule has 0 bridgehead atoms. The van der Waals surface area contributed by atoms with Gasteiger partial charge < -0.3 is 10.2 Å². The van der Waals surface area contributed by atoms with E-state index in [2.05, 4.69) is 12.1 Å². The second-order valence-corrected chi connectivity index (χ2v) is 4.82. The Morgan fingerprint density at radius 1 is 0.950 bits per heavy atom. The standard InChI is InChI=1S/C17H10N2O/c18-9-15-12-4-2-1-3-10(12)7-14-13-8-11(19)5-6-16(13)20-17(14)15/h1-8H,19H2. The summed E-state index contributed by atoms with van der Waals surface area (Å²) in [5.74, 6) is 0. The molecule has 3 aromatic carbocycles. The third-order valence-electron chi connectivity index (χ3n) is 3.62. The maximum atomic E-state index is 9.48. The zero-order valence-corrected chi connectivity index (χ0v) is 10.6. The van der Waals surface area contributed by atoms with Crippen LogP contribution in [0.2, 0.25) is 0 Å². The zero-order chi connectivity index (χ0) is 13.7. The Hall–Kier alpha value is -2.99. The highest BCUT2D eigenvalue weighted by Gasteiger charge is 2.14. The summed E-state index contributed by atoms with van der Waals surface area (Å²) < 4.78 is 5.86. The smallest absolute Gasteiger partial charge is 0.153 e. The van der Waals surface area contributed by atoms with Gasteiger partial charge in [0, 0.05) is 21.8 Å². The van der Waals surface area contributed by atoms with Crippen molar-refractivity contribution in [1.82, 2.24) is 0 Å². The minimum absolute atomic E-state index is 0.577. The monoisotopic (exact) mass is 258 g/mol. The fraction of sp³-hybridized carbons (Fsp3) is 0. The van der Waals surface area contributed by atoms with E-state index < -0.39 is 0 Å². The predicted molar refractivity (Wildman–Crippen MR) is 80.4 cm³/mol. The number of benzene rings is 3. The highest BCUT2D eigenvalue weighted by Crippen LogP contribution is 2.35. The van der Waals surface area contributed by atoms with Gasteiger partial charge in [-0.25, -0.2) is 0 Å². The van der Waals surface area contributed by atoms with Crippen LogP contribution in [-0.2, 0) is 0 Å². The van der Waals surface area contributed by atoms with E-state index in [0.29, 0.717) is 16.8 Å². The lowest BCUT2D eigenvalue weighted by Gasteiger charge is -2.00. The molecular formula is C17H10N2O. The van der Waals surface area contributed by atoms with Gasteiger partial charge in [-0.15, -0.1) is 0 Å². The van der Waals surface area contributed by atoms with Crippen LogP contribution < -0.4 is 5.73 Å². The lowest BCUT2D eigenvalue weighted by atomic mass is 10.0. The van der Waals surface area contributed by atoms with Crippen LogP contribution in [0.3, 0.4) is 0 Å². The molecule has 3 heteroatoms. The van der Waals surface area contributed by atoms with E-state index in [0.717, 1.165) is 27.1 Å². The average Bonchev–Trinajstić information content (AvgIpc) is 2.82. The molecule has 3 nitrogen and oxygen atoms in total. The third-order valence-corrected chi connectivity index (χ3v) is 3.62. The minimum atomic E-state index is 0.577. The summed E-state index contributed by atoms with van der Waals surface area (Å²) in [6, 6.07) is 17.7. The number of nitrogens with zero attached hydrogens (tertiary/aromatic N) is 1. The van der Waals surface area contributed by atoms with Crippen molar-refractivity contribution in [2.75, 3.05) is 5.73 Å². The summed E-state index contributed by atoms with van der Waals surface area (Å²) in [5, 5.41) is 13.3. The molecule has 94 valence electrons. The molecule has 1 heterocycles. The molecule has 0 atom stereocenters. The Kier molecular flexibility index (Phi) is 2.04. The molecule has 0 radical (unpaired) electrons. The molecule has 4 aromatic rings. The Balaban J connectivity index is 2.33. The summed E-state index contributed by atoms with van der Waals surface area (Å²) in [6.07, 6.45) is 0. The molecule has 0 aliphatic rings. The number of nitrogens with two attached hydrogens (primary N) is 1. The summed E-state index contributed by atoms with van der Waals surface area (Å²) >= 11 is 0. The Morgan fingerprint density at radius 2 is 1.80 bits per heavy atom. The summed E-state index contributed by atoms with van der Waals surface area (Å²) in [6.45, 7) is 0. The number of nitrogen functional groups attached to an aromatic ring is 1. The first-order valence-electron chi connectivity index (χ1n) is 6.31. The topological polar surface area (TPSA) is 63.0 Å². The van der Waals surface area contributed by atoms with Crippen molar-refractivity contribution in [1.29, 1.82) is 5.26 Å². The molecule has 0 aliphatic heterocycles. The fourth-order valence-corrected chi connectivity index (χ4v) is 2.70. The van der Waals surface area contributed by atoms with E-state index in [1.165, 1.54) is 0 Å². The molecule has 0 fully saturated rings. The van der Waals surface area contributed by atoms with Gasteiger partial charge in [0.2, 0.25) is 0 Å². The molecule has 0 saturated heterocycles. The van der Waals surface area contributed by atoms with Crippen molar-refractivity contribution >= 4 is 38.4 Å². The lowest BCUT2D eigenvalue weighted by Crippen LogP contribution is -1.82. The molecule has 0 spiro atoms. The van der Waals surface area contributed by atoms with Gasteiger partial charge in [-0.05, 0) is 29.7 Å². The van der Waals surface area contributed by atoms with E-state index in [1.807, 2.05) is 36.4 Å². The van der Waals surface area contributed by atoms with Gasteiger partial charge in [0.15, 0.2) is 5.58 Å². The number of rotatable bonds is 0. The first kappa shape index (κ1) is 10.9. The molecular weight excluding hydrogens is 248 g/mol. The lowest BCUT2D eigenvalue weighted by molar-refractivity contribution is 0.668. The number of furan rings is 1. The number of fused-ring (bicyclic) bond motifs is 4. The van der Waals surface area contributed by atoms with Gasteiger partial charge in [0.1, 0.15) is 17.2 Å². The van der Waals surface area contributed by atoms with E-state index in [9.17, 15) is 5.26 Å². The van der Waals surface area contributed by atoms with Crippen molar-refractivity contribution in [3.63, 3.8) is 0 Å². The van der Waals surface area contributed by atoms with E-state index >= 15 is 0 Å². The highest BCUT2D eigenvalue weighted by atomic mass is 16.3. The number of nitriles is 1. The molecule has 1 aromatic heterocycles. The SMILES string of the molecule is N#Cc1c2ccccc2cc2c1oc1ccc(N)cc12. The average molecular weight is 258 g/mol. The second-order valence-electron chi connectivity index (χ2n) is 4.82. The second kappa shape index (κ2) is 3.75. The van der Waals surface area contributed by atoms with Crippen LogP contribution in [0.25, 0.3) is 32.7 Å². The Labute approximate surface area is 114 Å². The molecule has 0 aliphatic carbocycles. The van der Waals surface area contributed by atoms with Gasteiger partial charge in [0.05, 0.1) is 0 Å². The van der Waals surface area contributed by atoms with Crippen LogP contribution in [0.15, 0.2) is 52.9 Å². The number of hydrogen-bond donors (Lipinski definition) is 1. The fourth-order valence-electron chi connectivity index (χ4n) is 2.70. The van der Waals surface area contributed by atoms with E-state index in [1.54, 1.807) is 6.07 Å². The van der Waals surface area contributed by atoms with Gasteiger partial charge in [-0.1, -0.05) is 24.3 Å². The van der Waals surface area contributed by atoms with Gasteiger partial charge in [-0.3, -0.25) is 0 Å². The van der Waals surface area contributed by atoms with Crippen molar-refractivity contribution in [2.24, 2.45) is 0 Å². The quantitative estimate of drug-likeness (QED) is 0.481. The first-order valence-corrected chi connectivity index (χ1v) is 6.31. The van der Waals surface area contributed by atoms with Crippen molar-refractivity contribution in [3.8, 4) is 6.07 Å². The largest absolute Gasteiger partial charge is 0.455 e. The summed E-state index contributed by atoms with van der Waals surface area (Å²) in [7, 11) is 0. The van der Waals surface area contributed by atoms with Crippen molar-refractivity contribution in [3.05, 3.63) is 54.1 Å². The van der Waals surface area contributed by atoms with Crippen LogP contribution in [-0.4, -0.2) is 0 Å². The first-order chi connectivity index (χ1) is 9.78. The molecule has 0 unspecified atom stereocenters. The zero-order valence-electron chi connectivity index (χ0n) is 10.6. The summed E-state index contributed by atoms with van der Waals surface area (Å²) in [5.41, 5.74) is 8.50. The Bertz CT molecular complexity index is 1020.